The molecule has 0 spiro atoms. The number of benzene rings is 1. The normalized spacial score (nSPS) is 17.8. The van der Waals surface area contributed by atoms with Crippen LogP contribution in [0, 0.1) is 0 Å². The maximum Gasteiger partial charge on any atom is 0.250 e. The van der Waals surface area contributed by atoms with Gasteiger partial charge < -0.3 is 33.7 Å². The van der Waals surface area contributed by atoms with Crippen molar-refractivity contribution in [2.24, 2.45) is 0 Å². The summed E-state index contributed by atoms with van der Waals surface area (Å²) in [4.78, 5) is 11.8. The number of hydrogen-bond donors (Lipinski definition) is 1. The molecule has 1 aromatic rings. The summed E-state index contributed by atoms with van der Waals surface area (Å²) in [6.45, 7) is 9.84. The molecule has 8 heteroatoms. The lowest BCUT2D eigenvalue weighted by Crippen LogP contribution is -2.16. The van der Waals surface area contributed by atoms with Crippen LogP contribution in [0.4, 0.5) is 5.69 Å². The first-order valence-electron chi connectivity index (χ1n) is 9.34. The zero-order valence-corrected chi connectivity index (χ0v) is 16.4. The van der Waals surface area contributed by atoms with E-state index in [0.717, 1.165) is 0 Å². The third-order valence-electron chi connectivity index (χ3n) is 3.68. The van der Waals surface area contributed by atoms with E-state index in [1.165, 1.54) is 0 Å². The minimum Gasteiger partial charge on any atom is -0.487 e. The Kier molecular flexibility index (Phi) is 10.4. The lowest BCUT2D eigenvalue weighted by atomic mass is 10.2. The predicted octanol–water partition coefficient (Wildman–Crippen LogP) is 2.04. The summed E-state index contributed by atoms with van der Waals surface area (Å²) in [7, 11) is 0. The van der Waals surface area contributed by atoms with Gasteiger partial charge in [-0.1, -0.05) is 6.58 Å². The number of hydrogen-bond acceptors (Lipinski definition) is 7. The number of fused-ring (bicyclic) bond motifs is 1. The van der Waals surface area contributed by atoms with Crippen LogP contribution >= 0.6 is 0 Å². The fraction of sp³-hybridized carbons (Fsp3) is 0.550. The largest absolute Gasteiger partial charge is 0.487 e. The van der Waals surface area contributed by atoms with Gasteiger partial charge in [0.1, 0.15) is 13.2 Å². The van der Waals surface area contributed by atoms with Gasteiger partial charge in [0.2, 0.25) is 0 Å². The van der Waals surface area contributed by atoms with Crippen LogP contribution in [-0.2, 0) is 23.7 Å². The molecule has 8 nitrogen and oxygen atoms in total. The molecule has 0 atom stereocenters. The van der Waals surface area contributed by atoms with Crippen molar-refractivity contribution < 1.29 is 33.2 Å². The molecule has 0 aromatic heterocycles. The molecule has 1 heterocycles. The molecule has 1 aliphatic rings. The number of nitrogens with one attached hydrogen (secondary N) is 1. The van der Waals surface area contributed by atoms with Crippen LogP contribution < -0.4 is 14.8 Å². The summed E-state index contributed by atoms with van der Waals surface area (Å²) >= 11 is 0. The molecule has 0 fully saturated rings. The van der Waals surface area contributed by atoms with Crippen molar-refractivity contribution in [3.05, 3.63) is 30.4 Å². The van der Waals surface area contributed by atoms with Crippen molar-refractivity contribution in [2.75, 3.05) is 71.4 Å². The van der Waals surface area contributed by atoms with E-state index < -0.39 is 0 Å². The van der Waals surface area contributed by atoms with Gasteiger partial charge in [-0.3, -0.25) is 4.79 Å². The van der Waals surface area contributed by atoms with Crippen molar-refractivity contribution in [1.29, 1.82) is 0 Å². The maximum atomic E-state index is 11.8. The van der Waals surface area contributed by atoms with Crippen LogP contribution in [0.25, 0.3) is 0 Å². The SMILES string of the molecule is C=C(C)C(=O)Nc1ccc2c(c1)OCCOCCOCCOCCOCCO2. The highest BCUT2D eigenvalue weighted by Crippen LogP contribution is 2.30. The van der Waals surface area contributed by atoms with Crippen LogP contribution in [0.15, 0.2) is 30.4 Å². The standard InChI is InChI=1S/C20H29NO7/c1-16(2)20(22)21-17-3-4-18-19(15-17)28-14-12-26-10-8-24-6-5-23-7-9-25-11-13-27-18/h3-4,15H,1,5-14H2,2H3,(H,21,22). The minimum atomic E-state index is -0.250. The van der Waals surface area contributed by atoms with Crippen LogP contribution in [0.1, 0.15) is 6.92 Å². The van der Waals surface area contributed by atoms with E-state index >= 15 is 0 Å². The molecule has 1 amide bonds. The first-order valence-corrected chi connectivity index (χ1v) is 9.34. The molecule has 0 saturated heterocycles. The molecule has 1 aliphatic heterocycles. The van der Waals surface area contributed by atoms with Crippen LogP contribution in [0.3, 0.4) is 0 Å². The lowest BCUT2D eigenvalue weighted by Gasteiger charge is -2.15. The Labute approximate surface area is 165 Å². The molecular formula is C20H29NO7. The Bertz CT molecular complexity index is 621. The monoisotopic (exact) mass is 395 g/mol. The van der Waals surface area contributed by atoms with Crippen molar-refractivity contribution in [3.63, 3.8) is 0 Å². The average molecular weight is 395 g/mol. The number of carbonyl (C=O) groups excluding carboxylic acids is 1. The van der Waals surface area contributed by atoms with Crippen LogP contribution in [0.2, 0.25) is 0 Å². The Hall–Kier alpha value is -2.13. The van der Waals surface area contributed by atoms with Gasteiger partial charge in [-0.2, -0.15) is 0 Å². The number of carbonyl (C=O) groups is 1. The molecule has 1 N–H and O–H groups in total. The van der Waals surface area contributed by atoms with Gasteiger partial charge in [0, 0.05) is 17.3 Å². The predicted molar refractivity (Wildman–Crippen MR) is 104 cm³/mol. The minimum absolute atomic E-state index is 0.250. The molecular weight excluding hydrogens is 366 g/mol. The summed E-state index contributed by atoms with van der Waals surface area (Å²) in [5, 5.41) is 2.76. The zero-order valence-electron chi connectivity index (χ0n) is 16.4. The molecule has 156 valence electrons. The molecule has 1 aromatic carbocycles. The second kappa shape index (κ2) is 13.1. The summed E-state index contributed by atoms with van der Waals surface area (Å²) in [5.41, 5.74) is 1.02. The highest BCUT2D eigenvalue weighted by Gasteiger charge is 2.10. The Morgan fingerprint density at radius 2 is 1.25 bits per heavy atom. The van der Waals surface area contributed by atoms with Crippen LogP contribution in [-0.4, -0.2) is 72.0 Å². The Morgan fingerprint density at radius 1 is 0.786 bits per heavy atom. The molecule has 0 unspecified atom stereocenters. The van der Waals surface area contributed by atoms with E-state index in [9.17, 15) is 4.79 Å². The van der Waals surface area contributed by atoms with Crippen molar-refractivity contribution >= 4 is 11.6 Å². The van der Waals surface area contributed by atoms with E-state index in [2.05, 4.69) is 11.9 Å². The van der Waals surface area contributed by atoms with Gasteiger partial charge in [-0.25, -0.2) is 0 Å². The number of anilines is 1. The number of rotatable bonds is 2. The van der Waals surface area contributed by atoms with Gasteiger partial charge in [-0.15, -0.1) is 0 Å². The quantitative estimate of drug-likeness (QED) is 0.767. The summed E-state index contributed by atoms with van der Waals surface area (Å²) < 4.78 is 33.3. The molecule has 2 rings (SSSR count). The molecule has 0 saturated carbocycles. The van der Waals surface area contributed by atoms with Crippen molar-refractivity contribution in [3.8, 4) is 11.5 Å². The fourth-order valence-electron chi connectivity index (χ4n) is 2.24. The third kappa shape index (κ3) is 8.71. The Morgan fingerprint density at radius 3 is 1.75 bits per heavy atom. The number of ether oxygens (including phenoxy) is 6. The highest BCUT2D eigenvalue weighted by atomic mass is 16.6. The smallest absolute Gasteiger partial charge is 0.250 e. The maximum absolute atomic E-state index is 11.8. The molecule has 0 bridgehead atoms. The lowest BCUT2D eigenvalue weighted by molar-refractivity contribution is -0.112. The second-order valence-electron chi connectivity index (χ2n) is 6.04. The molecule has 28 heavy (non-hydrogen) atoms. The first kappa shape index (κ1) is 22.2. The summed E-state index contributed by atoms with van der Waals surface area (Å²) in [5.74, 6) is 0.835. The Balaban J connectivity index is 1.97. The molecule has 0 radical (unpaired) electrons. The van der Waals surface area contributed by atoms with E-state index in [0.29, 0.717) is 88.8 Å². The van der Waals surface area contributed by atoms with Gasteiger partial charge >= 0.3 is 0 Å². The topological polar surface area (TPSA) is 84.5 Å². The van der Waals surface area contributed by atoms with Gasteiger partial charge in [0.05, 0.1) is 52.9 Å². The van der Waals surface area contributed by atoms with Gasteiger partial charge in [0.25, 0.3) is 5.91 Å². The average Bonchev–Trinajstić information content (AvgIpc) is 2.68. The van der Waals surface area contributed by atoms with Crippen molar-refractivity contribution in [1.82, 2.24) is 0 Å². The summed E-state index contributed by atoms with van der Waals surface area (Å²) in [6.07, 6.45) is 0. The van der Waals surface area contributed by atoms with E-state index in [-0.39, 0.29) is 5.91 Å². The van der Waals surface area contributed by atoms with E-state index in [4.69, 9.17) is 28.4 Å². The van der Waals surface area contributed by atoms with Gasteiger partial charge in [0.15, 0.2) is 11.5 Å². The fourth-order valence-corrected chi connectivity index (χ4v) is 2.24. The second-order valence-corrected chi connectivity index (χ2v) is 6.04. The zero-order chi connectivity index (χ0) is 20.0. The highest BCUT2D eigenvalue weighted by molar-refractivity contribution is 6.02. The molecule has 0 aliphatic carbocycles. The van der Waals surface area contributed by atoms with Crippen LogP contribution in [0.5, 0.6) is 11.5 Å². The first-order chi connectivity index (χ1) is 13.7. The van der Waals surface area contributed by atoms with Gasteiger partial charge in [-0.05, 0) is 19.1 Å². The third-order valence-corrected chi connectivity index (χ3v) is 3.68. The van der Waals surface area contributed by atoms with Crippen molar-refractivity contribution in [2.45, 2.75) is 6.92 Å². The van der Waals surface area contributed by atoms with E-state index in [1.54, 1.807) is 25.1 Å². The summed E-state index contributed by atoms with van der Waals surface area (Å²) in [6, 6.07) is 5.21. The van der Waals surface area contributed by atoms with E-state index in [1.807, 2.05) is 0 Å². The number of amides is 1.